The SMILES string of the molecule is COCC(C)Oc1cccc(-c2cncc(C(=O)O)c2)c1. The third kappa shape index (κ3) is 4.03. The minimum absolute atomic E-state index is 0.0614. The molecule has 1 aromatic carbocycles. The normalized spacial score (nSPS) is 11.9. The van der Waals surface area contributed by atoms with E-state index in [1.165, 1.54) is 6.20 Å². The van der Waals surface area contributed by atoms with Crippen molar-refractivity contribution in [3.8, 4) is 16.9 Å². The van der Waals surface area contributed by atoms with Crippen LogP contribution in [0.5, 0.6) is 5.75 Å². The summed E-state index contributed by atoms with van der Waals surface area (Å²) < 4.78 is 10.8. The number of carboxylic acid groups (broad SMARTS) is 1. The van der Waals surface area contributed by atoms with Gasteiger partial charge in [-0.05, 0) is 30.7 Å². The second-order valence-corrected chi connectivity index (χ2v) is 4.68. The van der Waals surface area contributed by atoms with Crippen molar-refractivity contribution >= 4 is 5.97 Å². The number of carbonyl (C=O) groups is 1. The lowest BCUT2D eigenvalue weighted by molar-refractivity contribution is 0.0696. The standard InChI is InChI=1S/C16H17NO4/c1-11(10-20-2)21-15-5-3-4-12(7-15)13-6-14(16(18)19)9-17-8-13/h3-9,11H,10H2,1-2H3,(H,18,19). The van der Waals surface area contributed by atoms with Gasteiger partial charge in [-0.2, -0.15) is 0 Å². The molecule has 5 heteroatoms. The average Bonchev–Trinajstić information content (AvgIpc) is 2.48. The van der Waals surface area contributed by atoms with Gasteiger partial charge >= 0.3 is 5.97 Å². The molecule has 1 heterocycles. The van der Waals surface area contributed by atoms with Crippen molar-refractivity contribution in [2.45, 2.75) is 13.0 Å². The summed E-state index contributed by atoms with van der Waals surface area (Å²) >= 11 is 0. The van der Waals surface area contributed by atoms with Gasteiger partial charge in [0.1, 0.15) is 11.9 Å². The third-order valence-corrected chi connectivity index (χ3v) is 2.89. The van der Waals surface area contributed by atoms with Crippen LogP contribution in [0, 0.1) is 0 Å². The number of nitrogens with zero attached hydrogens (tertiary/aromatic N) is 1. The second kappa shape index (κ2) is 6.85. The van der Waals surface area contributed by atoms with Crippen LogP contribution >= 0.6 is 0 Å². The highest BCUT2D eigenvalue weighted by molar-refractivity contribution is 5.88. The number of methoxy groups -OCH3 is 1. The summed E-state index contributed by atoms with van der Waals surface area (Å²) in [5.41, 5.74) is 1.75. The Kier molecular flexibility index (Phi) is 4.90. The first-order chi connectivity index (χ1) is 10.1. The summed E-state index contributed by atoms with van der Waals surface area (Å²) in [6, 6.07) is 9.04. The summed E-state index contributed by atoms with van der Waals surface area (Å²) in [5.74, 6) is -0.289. The lowest BCUT2D eigenvalue weighted by atomic mass is 10.1. The monoisotopic (exact) mass is 287 g/mol. The molecular formula is C16H17NO4. The van der Waals surface area contributed by atoms with E-state index in [9.17, 15) is 4.79 Å². The number of hydrogen-bond donors (Lipinski definition) is 1. The molecule has 2 aromatic rings. The van der Waals surface area contributed by atoms with Crippen LogP contribution in [0.4, 0.5) is 0 Å². The number of aromatic nitrogens is 1. The highest BCUT2D eigenvalue weighted by Gasteiger charge is 2.08. The number of aromatic carboxylic acids is 1. The number of pyridine rings is 1. The van der Waals surface area contributed by atoms with Gasteiger partial charge in [0.05, 0.1) is 12.2 Å². The van der Waals surface area contributed by atoms with E-state index < -0.39 is 5.97 Å². The summed E-state index contributed by atoms with van der Waals surface area (Å²) in [5, 5.41) is 9.01. The number of rotatable bonds is 6. The van der Waals surface area contributed by atoms with E-state index in [4.69, 9.17) is 14.6 Å². The van der Waals surface area contributed by atoms with Crippen LogP contribution in [0.1, 0.15) is 17.3 Å². The maximum atomic E-state index is 11.0. The molecule has 1 N–H and O–H groups in total. The largest absolute Gasteiger partial charge is 0.488 e. The molecule has 0 bridgehead atoms. The van der Waals surface area contributed by atoms with Gasteiger partial charge in [-0.1, -0.05) is 12.1 Å². The first-order valence-electron chi connectivity index (χ1n) is 6.54. The Hall–Kier alpha value is -2.40. The van der Waals surface area contributed by atoms with Gasteiger partial charge in [0.15, 0.2) is 0 Å². The molecule has 0 fully saturated rings. The quantitative estimate of drug-likeness (QED) is 0.884. The Balaban J connectivity index is 2.24. The first kappa shape index (κ1) is 15.0. The van der Waals surface area contributed by atoms with E-state index in [1.54, 1.807) is 19.4 Å². The lowest BCUT2D eigenvalue weighted by Gasteiger charge is -2.14. The van der Waals surface area contributed by atoms with Gasteiger partial charge in [0, 0.05) is 25.1 Å². The molecule has 0 saturated heterocycles. The van der Waals surface area contributed by atoms with Crippen molar-refractivity contribution in [1.82, 2.24) is 4.98 Å². The van der Waals surface area contributed by atoms with Crippen LogP contribution in [0.25, 0.3) is 11.1 Å². The Labute approximate surface area is 123 Å². The third-order valence-electron chi connectivity index (χ3n) is 2.89. The predicted octanol–water partition coefficient (Wildman–Crippen LogP) is 2.86. The summed E-state index contributed by atoms with van der Waals surface area (Å²) in [6.07, 6.45) is 2.89. The molecule has 0 saturated carbocycles. The number of ether oxygens (including phenoxy) is 2. The van der Waals surface area contributed by atoms with Gasteiger partial charge in [0.2, 0.25) is 0 Å². The Bertz CT molecular complexity index is 627. The maximum absolute atomic E-state index is 11.0. The van der Waals surface area contributed by atoms with Crippen LogP contribution in [0.15, 0.2) is 42.7 Å². The molecule has 21 heavy (non-hydrogen) atoms. The molecular weight excluding hydrogens is 270 g/mol. The predicted molar refractivity (Wildman–Crippen MR) is 78.6 cm³/mol. The van der Waals surface area contributed by atoms with Crippen molar-refractivity contribution in [3.63, 3.8) is 0 Å². The molecule has 0 aliphatic heterocycles. The molecule has 1 aromatic heterocycles. The summed E-state index contributed by atoms with van der Waals surface area (Å²) in [4.78, 5) is 15.0. The van der Waals surface area contributed by atoms with Crippen molar-refractivity contribution in [3.05, 3.63) is 48.3 Å². The maximum Gasteiger partial charge on any atom is 0.337 e. The minimum Gasteiger partial charge on any atom is -0.488 e. The van der Waals surface area contributed by atoms with E-state index in [0.717, 1.165) is 11.1 Å². The van der Waals surface area contributed by atoms with Crippen molar-refractivity contribution in [1.29, 1.82) is 0 Å². The lowest BCUT2D eigenvalue weighted by Crippen LogP contribution is -2.17. The van der Waals surface area contributed by atoms with Gasteiger partial charge < -0.3 is 14.6 Å². The second-order valence-electron chi connectivity index (χ2n) is 4.68. The Morgan fingerprint density at radius 2 is 2.10 bits per heavy atom. The smallest absolute Gasteiger partial charge is 0.337 e. The van der Waals surface area contributed by atoms with E-state index in [0.29, 0.717) is 12.4 Å². The minimum atomic E-state index is -0.995. The fourth-order valence-electron chi connectivity index (χ4n) is 1.96. The zero-order chi connectivity index (χ0) is 15.2. The molecule has 0 aliphatic carbocycles. The Morgan fingerprint density at radius 1 is 1.29 bits per heavy atom. The molecule has 0 amide bonds. The fourth-order valence-corrected chi connectivity index (χ4v) is 1.96. The van der Waals surface area contributed by atoms with Crippen LogP contribution < -0.4 is 4.74 Å². The number of hydrogen-bond acceptors (Lipinski definition) is 4. The molecule has 0 radical (unpaired) electrons. The number of carboxylic acids is 1. The first-order valence-corrected chi connectivity index (χ1v) is 6.54. The van der Waals surface area contributed by atoms with Crippen molar-refractivity contribution in [2.24, 2.45) is 0 Å². The van der Waals surface area contributed by atoms with Gasteiger partial charge in [-0.25, -0.2) is 4.79 Å². The van der Waals surface area contributed by atoms with E-state index in [1.807, 2.05) is 31.2 Å². The molecule has 1 atom stereocenters. The van der Waals surface area contributed by atoms with Crippen LogP contribution in [0.3, 0.4) is 0 Å². The van der Waals surface area contributed by atoms with E-state index >= 15 is 0 Å². The molecule has 0 spiro atoms. The van der Waals surface area contributed by atoms with Gasteiger partial charge in [0.25, 0.3) is 0 Å². The average molecular weight is 287 g/mol. The molecule has 5 nitrogen and oxygen atoms in total. The zero-order valence-corrected chi connectivity index (χ0v) is 11.9. The Morgan fingerprint density at radius 3 is 2.81 bits per heavy atom. The fraction of sp³-hybridized carbons (Fsp3) is 0.250. The van der Waals surface area contributed by atoms with Crippen LogP contribution in [-0.2, 0) is 4.74 Å². The highest BCUT2D eigenvalue weighted by atomic mass is 16.5. The molecule has 1 unspecified atom stereocenters. The topological polar surface area (TPSA) is 68.7 Å². The zero-order valence-electron chi connectivity index (χ0n) is 11.9. The van der Waals surface area contributed by atoms with Crippen molar-refractivity contribution < 1.29 is 19.4 Å². The molecule has 2 rings (SSSR count). The van der Waals surface area contributed by atoms with Gasteiger partial charge in [-0.3, -0.25) is 4.98 Å². The summed E-state index contributed by atoms with van der Waals surface area (Å²) in [6.45, 7) is 2.42. The van der Waals surface area contributed by atoms with E-state index in [-0.39, 0.29) is 11.7 Å². The highest BCUT2D eigenvalue weighted by Crippen LogP contribution is 2.24. The van der Waals surface area contributed by atoms with E-state index in [2.05, 4.69) is 4.98 Å². The van der Waals surface area contributed by atoms with Crippen LogP contribution in [0.2, 0.25) is 0 Å². The van der Waals surface area contributed by atoms with Gasteiger partial charge in [-0.15, -0.1) is 0 Å². The van der Waals surface area contributed by atoms with Crippen LogP contribution in [-0.4, -0.2) is 35.9 Å². The molecule has 0 aliphatic rings. The molecule has 110 valence electrons. The number of benzene rings is 1. The summed E-state index contributed by atoms with van der Waals surface area (Å²) in [7, 11) is 1.62. The van der Waals surface area contributed by atoms with Crippen molar-refractivity contribution in [2.75, 3.05) is 13.7 Å².